The van der Waals surface area contributed by atoms with E-state index in [0.717, 1.165) is 0 Å². The molecule has 19 heavy (non-hydrogen) atoms. The zero-order chi connectivity index (χ0) is 14.4. The average molecular weight is 324 g/mol. The van der Waals surface area contributed by atoms with Gasteiger partial charge in [-0.15, -0.1) is 0 Å². The highest BCUT2D eigenvalue weighted by Gasteiger charge is 2.18. The highest BCUT2D eigenvalue weighted by Crippen LogP contribution is 2.27. The lowest BCUT2D eigenvalue weighted by atomic mass is 10.3. The van der Waals surface area contributed by atoms with Crippen LogP contribution in [0.4, 0.5) is 0 Å². The fourth-order valence-corrected chi connectivity index (χ4v) is 1.87. The largest absolute Gasteiger partial charge is 0.482 e. The molecule has 8 heteroatoms. The quantitative estimate of drug-likeness (QED) is 0.699. The summed E-state index contributed by atoms with van der Waals surface area (Å²) in [7, 11) is 0. The number of hydrogen-bond acceptors (Lipinski definition) is 4. The van der Waals surface area contributed by atoms with Crippen molar-refractivity contribution < 1.29 is 19.4 Å². The molecule has 0 aliphatic carbocycles. The second kappa shape index (κ2) is 7.47. The van der Waals surface area contributed by atoms with Gasteiger partial charge in [-0.05, 0) is 18.2 Å². The van der Waals surface area contributed by atoms with Crippen molar-refractivity contribution in [3.63, 3.8) is 0 Å². The van der Waals surface area contributed by atoms with Gasteiger partial charge in [-0.25, -0.2) is 4.79 Å². The van der Waals surface area contributed by atoms with Crippen molar-refractivity contribution in [2.45, 2.75) is 6.04 Å². The molecule has 5 nitrogen and oxygen atoms in total. The smallest absolute Gasteiger partial charge is 0.327 e. The monoisotopic (exact) mass is 323 g/mol. The van der Waals surface area contributed by atoms with Crippen molar-refractivity contribution in [2.24, 2.45) is 0 Å². The molecule has 1 aromatic carbocycles. The minimum Gasteiger partial charge on any atom is -0.482 e. The van der Waals surface area contributed by atoms with E-state index in [1.807, 2.05) is 0 Å². The third-order valence-electron chi connectivity index (χ3n) is 2.07. The Balaban J connectivity index is 2.52. The first-order chi connectivity index (χ1) is 8.93. The maximum atomic E-state index is 11.5. The predicted molar refractivity (Wildman–Crippen MR) is 75.4 cm³/mol. The molecular weight excluding hydrogens is 313 g/mol. The molecule has 0 spiro atoms. The summed E-state index contributed by atoms with van der Waals surface area (Å²) < 4.78 is 5.16. The lowest BCUT2D eigenvalue weighted by Gasteiger charge is -2.13. The Hall–Kier alpha value is -1.11. The number of aliphatic carboxylic acids is 1. The number of thiol groups is 1. The number of carbonyl (C=O) groups excluding carboxylic acids is 1. The second-order valence-electron chi connectivity index (χ2n) is 3.50. The van der Waals surface area contributed by atoms with Crippen molar-refractivity contribution in [1.82, 2.24) is 5.32 Å². The van der Waals surface area contributed by atoms with Gasteiger partial charge in [-0.3, -0.25) is 4.79 Å². The van der Waals surface area contributed by atoms with Gasteiger partial charge in [0.15, 0.2) is 6.61 Å². The zero-order valence-electron chi connectivity index (χ0n) is 9.60. The van der Waals surface area contributed by atoms with Crippen LogP contribution in [-0.2, 0) is 9.59 Å². The summed E-state index contributed by atoms with van der Waals surface area (Å²) in [5.74, 6) is -1.46. The highest BCUT2D eigenvalue weighted by molar-refractivity contribution is 7.80. The highest BCUT2D eigenvalue weighted by atomic mass is 35.5. The summed E-state index contributed by atoms with van der Waals surface area (Å²) in [6, 6.07) is 3.50. The summed E-state index contributed by atoms with van der Waals surface area (Å²) in [5.41, 5.74) is 0. The van der Waals surface area contributed by atoms with E-state index in [1.54, 1.807) is 6.07 Å². The fraction of sp³-hybridized carbons (Fsp3) is 0.273. The molecule has 1 aromatic rings. The Bertz CT molecular complexity index is 484. The Morgan fingerprint density at radius 1 is 1.42 bits per heavy atom. The van der Waals surface area contributed by atoms with Gasteiger partial charge in [0.1, 0.15) is 11.8 Å². The molecule has 1 unspecified atom stereocenters. The van der Waals surface area contributed by atoms with Crippen molar-refractivity contribution in [1.29, 1.82) is 0 Å². The Kier molecular flexibility index (Phi) is 6.27. The minimum atomic E-state index is -1.16. The molecule has 0 saturated heterocycles. The number of hydrogen-bond donors (Lipinski definition) is 3. The third-order valence-corrected chi connectivity index (χ3v) is 2.96. The molecule has 0 saturated carbocycles. The van der Waals surface area contributed by atoms with E-state index in [0.29, 0.717) is 10.8 Å². The van der Waals surface area contributed by atoms with Crippen LogP contribution < -0.4 is 10.1 Å². The summed E-state index contributed by atoms with van der Waals surface area (Å²) >= 11 is 15.4. The molecule has 0 heterocycles. The summed E-state index contributed by atoms with van der Waals surface area (Å²) in [6.45, 7) is -0.348. The molecule has 1 atom stereocenters. The topological polar surface area (TPSA) is 75.6 Å². The summed E-state index contributed by atoms with van der Waals surface area (Å²) in [5, 5.41) is 11.7. The van der Waals surface area contributed by atoms with Crippen LogP contribution in [0.2, 0.25) is 10.0 Å². The van der Waals surface area contributed by atoms with Crippen LogP contribution in [-0.4, -0.2) is 35.4 Å². The Morgan fingerprint density at radius 3 is 2.63 bits per heavy atom. The molecule has 2 N–H and O–H groups in total. The first-order valence-electron chi connectivity index (χ1n) is 5.15. The van der Waals surface area contributed by atoms with E-state index in [4.69, 9.17) is 33.0 Å². The number of halogens is 2. The van der Waals surface area contributed by atoms with Gasteiger partial charge in [0.25, 0.3) is 5.91 Å². The number of amides is 1. The standard InChI is InChI=1S/C11H11Cl2NO4S/c12-6-1-2-9(7(13)3-6)18-4-10(15)14-8(5-19)11(16)17/h1-3,8,19H,4-5H2,(H,14,15)(H,16,17). The molecule has 0 bridgehead atoms. The molecule has 0 aromatic heterocycles. The van der Waals surface area contributed by atoms with E-state index >= 15 is 0 Å². The molecule has 1 amide bonds. The molecular formula is C11H11Cl2NO4S. The van der Waals surface area contributed by atoms with Gasteiger partial charge >= 0.3 is 5.97 Å². The van der Waals surface area contributed by atoms with Gasteiger partial charge < -0.3 is 15.2 Å². The van der Waals surface area contributed by atoms with Crippen molar-refractivity contribution >= 4 is 47.7 Å². The third kappa shape index (κ3) is 5.18. The fourth-order valence-electron chi connectivity index (χ4n) is 1.16. The van der Waals surface area contributed by atoms with Crippen LogP contribution >= 0.6 is 35.8 Å². The Labute approximate surface area is 125 Å². The van der Waals surface area contributed by atoms with Crippen molar-refractivity contribution in [3.8, 4) is 5.75 Å². The first kappa shape index (κ1) is 15.9. The van der Waals surface area contributed by atoms with E-state index in [-0.39, 0.29) is 17.4 Å². The maximum Gasteiger partial charge on any atom is 0.327 e. The van der Waals surface area contributed by atoms with E-state index in [1.165, 1.54) is 12.1 Å². The first-order valence-corrected chi connectivity index (χ1v) is 6.53. The van der Waals surface area contributed by atoms with Crippen LogP contribution in [0.25, 0.3) is 0 Å². The number of benzene rings is 1. The van der Waals surface area contributed by atoms with Gasteiger partial charge in [0, 0.05) is 10.8 Å². The molecule has 104 valence electrons. The molecule has 0 aliphatic heterocycles. The van der Waals surface area contributed by atoms with Crippen LogP contribution in [0.5, 0.6) is 5.75 Å². The zero-order valence-corrected chi connectivity index (χ0v) is 12.0. The SMILES string of the molecule is O=C(COc1ccc(Cl)cc1Cl)NC(CS)C(=O)O. The van der Waals surface area contributed by atoms with Gasteiger partial charge in [-0.1, -0.05) is 23.2 Å². The number of nitrogens with one attached hydrogen (secondary N) is 1. The number of carbonyl (C=O) groups is 2. The van der Waals surface area contributed by atoms with Crippen LogP contribution in [0.1, 0.15) is 0 Å². The average Bonchev–Trinajstić information content (AvgIpc) is 2.34. The Morgan fingerprint density at radius 2 is 2.11 bits per heavy atom. The van der Waals surface area contributed by atoms with Crippen LogP contribution in [0, 0.1) is 0 Å². The normalized spacial score (nSPS) is 11.7. The number of carboxylic acids is 1. The van der Waals surface area contributed by atoms with Gasteiger partial charge in [0.2, 0.25) is 0 Å². The number of rotatable bonds is 6. The molecule has 1 rings (SSSR count). The second-order valence-corrected chi connectivity index (χ2v) is 4.71. The van der Waals surface area contributed by atoms with Crippen LogP contribution in [0.3, 0.4) is 0 Å². The van der Waals surface area contributed by atoms with Gasteiger partial charge in [-0.2, -0.15) is 12.6 Å². The van der Waals surface area contributed by atoms with Gasteiger partial charge in [0.05, 0.1) is 5.02 Å². The predicted octanol–water partition coefficient (Wildman–Crippen LogP) is 1.87. The van der Waals surface area contributed by atoms with E-state index < -0.39 is 17.9 Å². The lowest BCUT2D eigenvalue weighted by Crippen LogP contribution is -2.44. The van der Waals surface area contributed by atoms with E-state index in [9.17, 15) is 9.59 Å². The summed E-state index contributed by atoms with van der Waals surface area (Å²) in [6.07, 6.45) is 0. The number of ether oxygens (including phenoxy) is 1. The lowest BCUT2D eigenvalue weighted by molar-refractivity contribution is -0.141. The van der Waals surface area contributed by atoms with Crippen molar-refractivity contribution in [2.75, 3.05) is 12.4 Å². The minimum absolute atomic E-state index is 0.0111. The van der Waals surface area contributed by atoms with E-state index in [2.05, 4.69) is 17.9 Å². The summed E-state index contributed by atoms with van der Waals surface area (Å²) in [4.78, 5) is 22.2. The molecule has 0 fully saturated rings. The molecule has 0 aliphatic rings. The van der Waals surface area contributed by atoms with Crippen molar-refractivity contribution in [3.05, 3.63) is 28.2 Å². The molecule has 0 radical (unpaired) electrons. The van der Waals surface area contributed by atoms with Crippen LogP contribution in [0.15, 0.2) is 18.2 Å². The number of carboxylic acid groups (broad SMARTS) is 1. The maximum absolute atomic E-state index is 11.5.